The predicted octanol–water partition coefficient (Wildman–Crippen LogP) is 2.02. The van der Waals surface area contributed by atoms with E-state index in [0.717, 1.165) is 5.39 Å². The van der Waals surface area contributed by atoms with Crippen LogP contribution in [0.15, 0.2) is 46.6 Å². The van der Waals surface area contributed by atoms with Crippen molar-refractivity contribution in [1.82, 2.24) is 15.1 Å². The highest BCUT2D eigenvalue weighted by molar-refractivity contribution is 6.43. The van der Waals surface area contributed by atoms with E-state index >= 15 is 0 Å². The summed E-state index contributed by atoms with van der Waals surface area (Å²) in [6.45, 7) is 8.39. The first-order valence-electron chi connectivity index (χ1n) is 13.6. The van der Waals surface area contributed by atoms with E-state index in [-0.39, 0.29) is 24.6 Å². The fourth-order valence-corrected chi connectivity index (χ4v) is 5.49. The molecule has 2 amide bonds. The van der Waals surface area contributed by atoms with E-state index in [1.54, 1.807) is 17.0 Å². The van der Waals surface area contributed by atoms with Gasteiger partial charge < -0.3 is 34.2 Å². The number of amides is 2. The topological polar surface area (TPSA) is 148 Å². The van der Waals surface area contributed by atoms with Crippen LogP contribution in [0, 0.1) is 11.3 Å². The Bertz CT molecular complexity index is 1260. The second kappa shape index (κ2) is 12.9. The van der Waals surface area contributed by atoms with Crippen LogP contribution < -0.4 is 5.32 Å². The molecule has 1 aromatic carbocycles. The summed E-state index contributed by atoms with van der Waals surface area (Å²) < 4.78 is 16.4. The van der Waals surface area contributed by atoms with Crippen molar-refractivity contribution < 1.29 is 33.5 Å². The number of morpholine rings is 1. The molecular weight excluding hydrogens is 515 g/mol. The SMILES string of the molecule is C[C@H]1CC[C@H](COC(=O)N[C@@H](Cc2coc3ccccc23)B(O)O)N1C(=O)C(C#N)=CC(C)(C)N1CCOCC1. The molecule has 2 aliphatic heterocycles. The van der Waals surface area contributed by atoms with Gasteiger partial charge in [0.15, 0.2) is 0 Å². The third-order valence-electron chi connectivity index (χ3n) is 7.77. The van der Waals surface area contributed by atoms with Gasteiger partial charge in [0.1, 0.15) is 23.8 Å². The number of nitrogens with one attached hydrogen (secondary N) is 1. The fraction of sp³-hybridized carbons (Fsp3) is 0.536. The molecular formula is C28H37BN4O7. The zero-order valence-corrected chi connectivity index (χ0v) is 23.2. The van der Waals surface area contributed by atoms with Gasteiger partial charge in [-0.3, -0.25) is 9.69 Å². The summed E-state index contributed by atoms with van der Waals surface area (Å²) in [6, 6.07) is 8.88. The molecule has 2 aliphatic rings. The van der Waals surface area contributed by atoms with Crippen LogP contribution in [-0.2, 0) is 20.7 Å². The van der Waals surface area contributed by atoms with Crippen LogP contribution in [0.3, 0.4) is 0 Å². The molecule has 12 heteroatoms. The summed E-state index contributed by atoms with van der Waals surface area (Å²) in [5, 5.41) is 33.0. The largest absolute Gasteiger partial charge is 0.475 e. The third-order valence-corrected chi connectivity index (χ3v) is 7.77. The molecule has 40 heavy (non-hydrogen) atoms. The molecule has 3 atom stereocenters. The van der Waals surface area contributed by atoms with Crippen LogP contribution in [0.1, 0.15) is 39.2 Å². The monoisotopic (exact) mass is 552 g/mol. The Labute approximate surface area is 234 Å². The lowest BCUT2D eigenvalue weighted by Gasteiger charge is -2.39. The van der Waals surface area contributed by atoms with Crippen LogP contribution in [0.4, 0.5) is 4.79 Å². The number of rotatable bonds is 9. The van der Waals surface area contributed by atoms with Gasteiger partial charge in [-0.25, -0.2) is 4.79 Å². The molecule has 4 rings (SSSR count). The van der Waals surface area contributed by atoms with Crippen LogP contribution >= 0.6 is 0 Å². The minimum Gasteiger partial charge on any atom is -0.464 e. The van der Waals surface area contributed by atoms with Crippen molar-refractivity contribution in [1.29, 1.82) is 5.26 Å². The van der Waals surface area contributed by atoms with Crippen molar-refractivity contribution in [3.05, 3.63) is 47.7 Å². The van der Waals surface area contributed by atoms with Crippen LogP contribution in [0.25, 0.3) is 11.0 Å². The van der Waals surface area contributed by atoms with E-state index in [4.69, 9.17) is 13.9 Å². The number of carbonyl (C=O) groups is 2. The number of para-hydroxylation sites is 1. The molecule has 0 radical (unpaired) electrons. The zero-order valence-electron chi connectivity index (χ0n) is 23.2. The average molecular weight is 552 g/mol. The molecule has 3 heterocycles. The van der Waals surface area contributed by atoms with Crippen LogP contribution in [0.5, 0.6) is 0 Å². The maximum absolute atomic E-state index is 13.5. The molecule has 11 nitrogen and oxygen atoms in total. The summed E-state index contributed by atoms with van der Waals surface area (Å²) in [5.41, 5.74) is 0.909. The van der Waals surface area contributed by atoms with E-state index in [1.807, 2.05) is 39.0 Å². The smallest absolute Gasteiger partial charge is 0.464 e. The number of ether oxygens (including phenoxy) is 2. The second-order valence-electron chi connectivity index (χ2n) is 10.9. The number of nitriles is 1. The number of likely N-dealkylation sites (tertiary alicyclic amines) is 1. The van der Waals surface area contributed by atoms with Gasteiger partial charge in [-0.05, 0) is 57.7 Å². The molecule has 3 N–H and O–H groups in total. The maximum atomic E-state index is 13.5. The first kappa shape index (κ1) is 29.6. The predicted molar refractivity (Wildman–Crippen MR) is 148 cm³/mol. The summed E-state index contributed by atoms with van der Waals surface area (Å²) in [4.78, 5) is 30.0. The molecule has 0 unspecified atom stereocenters. The van der Waals surface area contributed by atoms with E-state index < -0.39 is 36.6 Å². The Morgan fingerprint density at radius 2 is 2.00 bits per heavy atom. The first-order chi connectivity index (χ1) is 19.1. The van der Waals surface area contributed by atoms with E-state index in [0.29, 0.717) is 50.3 Å². The molecule has 1 aromatic heterocycles. The number of carbonyl (C=O) groups excluding carboxylic acids is 2. The lowest BCUT2D eigenvalue weighted by Crippen LogP contribution is -2.50. The molecule has 0 bridgehead atoms. The van der Waals surface area contributed by atoms with Gasteiger partial charge in [-0.15, -0.1) is 0 Å². The first-order valence-corrected chi connectivity index (χ1v) is 13.6. The molecule has 0 spiro atoms. The summed E-state index contributed by atoms with van der Waals surface area (Å²) in [6.07, 6.45) is 3.84. The Morgan fingerprint density at radius 3 is 2.70 bits per heavy atom. The van der Waals surface area contributed by atoms with E-state index in [2.05, 4.69) is 16.3 Å². The Balaban J connectivity index is 1.38. The molecule has 2 aromatic rings. The lowest BCUT2D eigenvalue weighted by atomic mass is 9.76. The number of fused-ring (bicyclic) bond motifs is 1. The molecule has 2 saturated heterocycles. The van der Waals surface area contributed by atoms with Crippen LogP contribution in [0.2, 0.25) is 0 Å². The van der Waals surface area contributed by atoms with Gasteiger partial charge in [-0.1, -0.05) is 18.2 Å². The number of alkyl carbamates (subject to hydrolysis) is 1. The van der Waals surface area contributed by atoms with E-state index in [1.165, 1.54) is 6.26 Å². The van der Waals surface area contributed by atoms with Gasteiger partial charge in [-0.2, -0.15) is 5.26 Å². The Morgan fingerprint density at radius 1 is 1.27 bits per heavy atom. The molecule has 0 saturated carbocycles. The third kappa shape index (κ3) is 6.85. The van der Waals surface area contributed by atoms with Crippen molar-refractivity contribution in [2.24, 2.45) is 0 Å². The minimum absolute atomic E-state index is 0.0514. The number of furan rings is 1. The van der Waals surface area contributed by atoms with Gasteiger partial charge in [0, 0.05) is 30.1 Å². The molecule has 214 valence electrons. The standard InChI is InChI=1S/C28H37BN4O7/c1-19-8-9-22(33(19)26(34)21(16-30)15-28(2,3)32-10-12-38-13-11-32)18-40-27(35)31-25(29(36)37)14-20-17-39-24-7-5-4-6-23(20)24/h4-7,15,17,19,22,25,36-37H,8-14,18H2,1-3H3,(H,31,35)/t19-,22+,25-/m0/s1. The Hall–Kier alpha value is -3.37. The quantitative estimate of drug-likeness (QED) is 0.241. The van der Waals surface area contributed by atoms with Crippen molar-refractivity contribution in [3.8, 4) is 6.07 Å². The van der Waals surface area contributed by atoms with Crippen LogP contribution in [-0.4, -0.2) is 95.4 Å². The highest BCUT2D eigenvalue weighted by Gasteiger charge is 2.38. The summed E-state index contributed by atoms with van der Waals surface area (Å²) in [5.74, 6) is -1.43. The van der Waals surface area contributed by atoms with Gasteiger partial charge in [0.25, 0.3) is 5.91 Å². The molecule has 0 aliphatic carbocycles. The van der Waals surface area contributed by atoms with Gasteiger partial charge >= 0.3 is 13.2 Å². The lowest BCUT2D eigenvalue weighted by molar-refractivity contribution is -0.130. The number of hydrogen-bond acceptors (Lipinski definition) is 9. The second-order valence-corrected chi connectivity index (χ2v) is 10.9. The average Bonchev–Trinajstić information content (AvgIpc) is 3.53. The highest BCUT2D eigenvalue weighted by atomic mass is 16.5. The number of hydrogen-bond donors (Lipinski definition) is 3. The number of nitrogens with zero attached hydrogens (tertiary/aromatic N) is 3. The fourth-order valence-electron chi connectivity index (χ4n) is 5.49. The summed E-state index contributed by atoms with van der Waals surface area (Å²) in [7, 11) is -1.83. The van der Waals surface area contributed by atoms with Crippen molar-refractivity contribution in [2.75, 3.05) is 32.9 Å². The van der Waals surface area contributed by atoms with Gasteiger partial charge in [0.2, 0.25) is 0 Å². The molecule has 2 fully saturated rings. The highest BCUT2D eigenvalue weighted by Crippen LogP contribution is 2.28. The maximum Gasteiger partial charge on any atom is 0.475 e. The normalized spacial score (nSPS) is 21.2. The Kier molecular flexibility index (Phi) is 9.53. The van der Waals surface area contributed by atoms with Crippen molar-refractivity contribution >= 4 is 30.1 Å². The summed E-state index contributed by atoms with van der Waals surface area (Å²) >= 11 is 0. The van der Waals surface area contributed by atoms with E-state index in [9.17, 15) is 24.9 Å². The minimum atomic E-state index is -1.83. The number of benzene rings is 1. The zero-order chi connectivity index (χ0) is 28.9. The van der Waals surface area contributed by atoms with Gasteiger partial charge in [0.05, 0.1) is 31.5 Å². The van der Waals surface area contributed by atoms with Crippen molar-refractivity contribution in [2.45, 2.75) is 63.6 Å². The van der Waals surface area contributed by atoms with Crippen molar-refractivity contribution in [3.63, 3.8) is 0 Å².